The van der Waals surface area contributed by atoms with E-state index in [9.17, 15) is 9.59 Å². The van der Waals surface area contributed by atoms with Crippen LogP contribution in [0.1, 0.15) is 41.1 Å². The predicted octanol–water partition coefficient (Wildman–Crippen LogP) is 3.25. The number of piperidine rings is 1. The number of nitrogens with zero attached hydrogens (tertiary/aromatic N) is 2. The van der Waals surface area contributed by atoms with Crippen molar-refractivity contribution in [1.29, 1.82) is 0 Å². The molecule has 2 aromatic rings. The van der Waals surface area contributed by atoms with Crippen LogP contribution in [0.3, 0.4) is 0 Å². The second kappa shape index (κ2) is 7.34. The summed E-state index contributed by atoms with van der Waals surface area (Å²) in [7, 11) is 1.65. The number of likely N-dealkylation sites (tertiary alicyclic amines) is 2. The first kappa shape index (κ1) is 18.6. The summed E-state index contributed by atoms with van der Waals surface area (Å²) < 4.78 is 10.7. The molecule has 0 bridgehead atoms. The van der Waals surface area contributed by atoms with E-state index < -0.39 is 0 Å². The molecular weight excluding hydrogens is 356 g/mol. The molecule has 0 N–H and O–H groups in total. The van der Waals surface area contributed by atoms with E-state index in [1.54, 1.807) is 13.2 Å². The highest BCUT2D eigenvalue weighted by atomic mass is 16.5. The predicted molar refractivity (Wildman–Crippen MR) is 104 cm³/mol. The smallest absolute Gasteiger partial charge is 0.289 e. The van der Waals surface area contributed by atoms with Crippen LogP contribution >= 0.6 is 0 Å². The molecule has 2 fully saturated rings. The molecule has 0 atom stereocenters. The number of amides is 2. The fraction of sp³-hybridized carbons (Fsp3) is 0.455. The Balaban J connectivity index is 1.36. The van der Waals surface area contributed by atoms with Crippen LogP contribution in [0.25, 0.3) is 0 Å². The van der Waals surface area contributed by atoms with E-state index in [1.807, 2.05) is 47.1 Å². The Morgan fingerprint density at radius 1 is 1.14 bits per heavy atom. The number of methoxy groups -OCH3 is 1. The first-order valence-corrected chi connectivity index (χ1v) is 9.74. The summed E-state index contributed by atoms with van der Waals surface area (Å²) in [4.78, 5) is 29.0. The van der Waals surface area contributed by atoms with Gasteiger partial charge in [-0.25, -0.2) is 0 Å². The van der Waals surface area contributed by atoms with E-state index in [2.05, 4.69) is 0 Å². The van der Waals surface area contributed by atoms with Gasteiger partial charge in [-0.2, -0.15) is 0 Å². The molecule has 4 rings (SSSR count). The summed E-state index contributed by atoms with van der Waals surface area (Å²) in [6, 6.07) is 11.4. The Labute approximate surface area is 165 Å². The third kappa shape index (κ3) is 3.63. The Kier molecular flexibility index (Phi) is 4.87. The zero-order valence-electron chi connectivity index (χ0n) is 16.4. The Morgan fingerprint density at radius 2 is 1.86 bits per heavy atom. The SMILES string of the molecule is COc1ccc(CN2CC3(CCN(C(=O)c4ccc(C)o4)CC3)CC2=O)cc1. The second-order valence-corrected chi connectivity index (χ2v) is 7.98. The molecule has 2 amide bonds. The number of benzene rings is 1. The summed E-state index contributed by atoms with van der Waals surface area (Å²) >= 11 is 0. The van der Waals surface area contributed by atoms with Crippen LogP contribution in [0.2, 0.25) is 0 Å². The van der Waals surface area contributed by atoms with Crippen LogP contribution < -0.4 is 4.74 Å². The van der Waals surface area contributed by atoms with Crippen molar-refractivity contribution in [3.05, 3.63) is 53.5 Å². The van der Waals surface area contributed by atoms with Gasteiger partial charge in [0.2, 0.25) is 5.91 Å². The molecule has 0 radical (unpaired) electrons. The van der Waals surface area contributed by atoms with Gasteiger partial charge in [-0.3, -0.25) is 9.59 Å². The van der Waals surface area contributed by atoms with Gasteiger partial charge in [-0.05, 0) is 49.6 Å². The van der Waals surface area contributed by atoms with Crippen molar-refractivity contribution in [3.63, 3.8) is 0 Å². The fourth-order valence-electron chi connectivity index (χ4n) is 4.30. The van der Waals surface area contributed by atoms with Gasteiger partial charge in [-0.1, -0.05) is 12.1 Å². The zero-order valence-corrected chi connectivity index (χ0v) is 16.4. The average Bonchev–Trinajstić information content (AvgIpc) is 3.26. The topological polar surface area (TPSA) is 63.0 Å². The van der Waals surface area contributed by atoms with Gasteiger partial charge in [0.25, 0.3) is 5.91 Å². The normalized spacial score (nSPS) is 18.7. The highest BCUT2D eigenvalue weighted by Gasteiger charge is 2.45. The van der Waals surface area contributed by atoms with Crippen molar-refractivity contribution in [2.24, 2.45) is 5.41 Å². The third-order valence-corrected chi connectivity index (χ3v) is 6.00. The maximum atomic E-state index is 12.6. The van der Waals surface area contributed by atoms with Crippen molar-refractivity contribution in [3.8, 4) is 5.75 Å². The number of hydrogen-bond donors (Lipinski definition) is 0. The van der Waals surface area contributed by atoms with Crippen molar-refractivity contribution in [1.82, 2.24) is 9.80 Å². The molecule has 148 valence electrons. The second-order valence-electron chi connectivity index (χ2n) is 7.98. The van der Waals surface area contributed by atoms with E-state index in [4.69, 9.17) is 9.15 Å². The Morgan fingerprint density at radius 3 is 2.46 bits per heavy atom. The maximum Gasteiger partial charge on any atom is 0.289 e. The van der Waals surface area contributed by atoms with E-state index in [-0.39, 0.29) is 17.2 Å². The van der Waals surface area contributed by atoms with Crippen LogP contribution in [0.5, 0.6) is 5.75 Å². The van der Waals surface area contributed by atoms with E-state index in [0.29, 0.717) is 31.8 Å². The molecule has 0 unspecified atom stereocenters. The summed E-state index contributed by atoms with van der Waals surface area (Å²) in [5.74, 6) is 2.11. The monoisotopic (exact) mass is 382 g/mol. The van der Waals surface area contributed by atoms with Crippen LogP contribution in [0, 0.1) is 12.3 Å². The minimum absolute atomic E-state index is 0.0145. The minimum Gasteiger partial charge on any atom is -0.497 e. The van der Waals surface area contributed by atoms with Crippen LogP contribution in [-0.4, -0.2) is 48.4 Å². The molecule has 0 saturated carbocycles. The molecule has 6 nitrogen and oxygen atoms in total. The van der Waals surface area contributed by atoms with Gasteiger partial charge in [0.15, 0.2) is 5.76 Å². The largest absolute Gasteiger partial charge is 0.497 e. The van der Waals surface area contributed by atoms with Crippen LogP contribution in [-0.2, 0) is 11.3 Å². The average molecular weight is 382 g/mol. The molecule has 2 aliphatic heterocycles. The molecule has 2 saturated heterocycles. The van der Waals surface area contributed by atoms with Gasteiger partial charge < -0.3 is 19.0 Å². The maximum absolute atomic E-state index is 12.6. The molecule has 28 heavy (non-hydrogen) atoms. The standard InChI is InChI=1S/C22H26N2O4/c1-16-3-8-19(28-16)21(26)23-11-9-22(10-12-23)13-20(25)24(15-22)14-17-4-6-18(27-2)7-5-17/h3-8H,9-15H2,1-2H3. The van der Waals surface area contributed by atoms with E-state index in [0.717, 1.165) is 36.5 Å². The summed E-state index contributed by atoms with van der Waals surface area (Å²) in [6.07, 6.45) is 2.28. The van der Waals surface area contributed by atoms with Crippen LogP contribution in [0.4, 0.5) is 0 Å². The highest BCUT2D eigenvalue weighted by molar-refractivity contribution is 5.91. The van der Waals surface area contributed by atoms with Crippen molar-refractivity contribution >= 4 is 11.8 Å². The first-order valence-electron chi connectivity index (χ1n) is 9.74. The molecular formula is C22H26N2O4. The molecule has 6 heteroatoms. The number of furan rings is 1. The first-order chi connectivity index (χ1) is 13.5. The molecule has 1 spiro atoms. The number of carbonyl (C=O) groups is 2. The van der Waals surface area contributed by atoms with Crippen molar-refractivity contribution < 1.29 is 18.7 Å². The number of hydrogen-bond acceptors (Lipinski definition) is 4. The lowest BCUT2D eigenvalue weighted by molar-refractivity contribution is -0.128. The number of rotatable bonds is 4. The van der Waals surface area contributed by atoms with Gasteiger partial charge in [0.05, 0.1) is 7.11 Å². The van der Waals surface area contributed by atoms with Gasteiger partial charge in [0.1, 0.15) is 11.5 Å². The molecule has 1 aromatic carbocycles. The van der Waals surface area contributed by atoms with Gasteiger partial charge >= 0.3 is 0 Å². The molecule has 0 aliphatic carbocycles. The van der Waals surface area contributed by atoms with Crippen molar-refractivity contribution in [2.75, 3.05) is 26.7 Å². The van der Waals surface area contributed by atoms with Gasteiger partial charge in [0, 0.05) is 38.0 Å². The van der Waals surface area contributed by atoms with E-state index >= 15 is 0 Å². The molecule has 1 aromatic heterocycles. The fourth-order valence-corrected chi connectivity index (χ4v) is 4.30. The lowest BCUT2D eigenvalue weighted by atomic mass is 9.77. The third-order valence-electron chi connectivity index (χ3n) is 6.00. The quantitative estimate of drug-likeness (QED) is 0.814. The number of carbonyl (C=O) groups excluding carboxylic acids is 2. The summed E-state index contributed by atoms with van der Waals surface area (Å²) in [6.45, 7) is 4.56. The van der Waals surface area contributed by atoms with Crippen LogP contribution in [0.15, 0.2) is 40.8 Å². The lowest BCUT2D eigenvalue weighted by Crippen LogP contribution is -2.44. The van der Waals surface area contributed by atoms with E-state index in [1.165, 1.54) is 0 Å². The Bertz CT molecular complexity index is 863. The zero-order chi connectivity index (χ0) is 19.7. The lowest BCUT2D eigenvalue weighted by Gasteiger charge is -2.38. The minimum atomic E-state index is -0.0534. The highest BCUT2D eigenvalue weighted by Crippen LogP contribution is 2.41. The van der Waals surface area contributed by atoms with Crippen molar-refractivity contribution in [2.45, 2.75) is 32.7 Å². The number of aryl methyl sites for hydroxylation is 1. The summed E-state index contributed by atoms with van der Waals surface area (Å²) in [5.41, 5.74) is 1.09. The summed E-state index contributed by atoms with van der Waals surface area (Å²) in [5, 5.41) is 0. The van der Waals surface area contributed by atoms with Gasteiger partial charge in [-0.15, -0.1) is 0 Å². The number of ether oxygens (including phenoxy) is 1. The Hall–Kier alpha value is -2.76. The molecule has 2 aliphatic rings. The molecule has 3 heterocycles.